The largest absolute Gasteiger partial charge is 0.0993 e. The molecule has 0 nitrogen and oxygen atoms in total. The van der Waals surface area contributed by atoms with Gasteiger partial charge in [-0.1, -0.05) is 73.9 Å². The third-order valence-electron chi connectivity index (χ3n) is 3.67. The Kier molecular flexibility index (Phi) is 4.61. The van der Waals surface area contributed by atoms with Crippen LogP contribution in [0.2, 0.25) is 0 Å². The second-order valence-electron chi connectivity index (χ2n) is 5.01. The predicted octanol–water partition coefficient (Wildman–Crippen LogP) is 5.23. The van der Waals surface area contributed by atoms with Crippen molar-refractivity contribution in [2.75, 3.05) is 0 Å². The first-order valence-corrected chi connectivity index (χ1v) is 6.75. The van der Waals surface area contributed by atoms with Crippen LogP contribution in [-0.4, -0.2) is 0 Å². The van der Waals surface area contributed by atoms with Gasteiger partial charge in [-0.3, -0.25) is 0 Å². The third-order valence-corrected chi connectivity index (χ3v) is 3.67. The second-order valence-corrected chi connectivity index (χ2v) is 5.01. The van der Waals surface area contributed by atoms with Crippen molar-refractivity contribution in [1.82, 2.24) is 0 Å². The van der Waals surface area contributed by atoms with Gasteiger partial charge in [0.15, 0.2) is 0 Å². The van der Waals surface area contributed by atoms with Crippen LogP contribution in [0, 0.1) is 5.92 Å². The standard InChI is InChI=1S/C17H22/c1-15(17-13-6-3-7-14-17)9-8-12-16-10-4-2-5-11-16/h2,4-5,8,10-12,17H,1,3,6-7,9,13-14H2/b12-8+. The third kappa shape index (κ3) is 3.89. The van der Waals surface area contributed by atoms with Gasteiger partial charge in [0.05, 0.1) is 0 Å². The SMILES string of the molecule is C=C(C/C=C/c1ccccc1)C1CCCCC1. The summed E-state index contributed by atoms with van der Waals surface area (Å²) in [7, 11) is 0. The molecule has 0 spiro atoms. The van der Waals surface area contributed by atoms with Gasteiger partial charge < -0.3 is 0 Å². The van der Waals surface area contributed by atoms with Crippen LogP contribution in [-0.2, 0) is 0 Å². The van der Waals surface area contributed by atoms with E-state index in [2.05, 4.69) is 49.1 Å². The van der Waals surface area contributed by atoms with Gasteiger partial charge in [0.1, 0.15) is 0 Å². The first kappa shape index (κ1) is 12.2. The summed E-state index contributed by atoms with van der Waals surface area (Å²) in [6.07, 6.45) is 12.4. The van der Waals surface area contributed by atoms with Crippen molar-refractivity contribution in [3.05, 3.63) is 54.1 Å². The van der Waals surface area contributed by atoms with Gasteiger partial charge in [-0.05, 0) is 30.7 Å². The first-order chi connectivity index (χ1) is 8.36. The van der Waals surface area contributed by atoms with E-state index in [0.717, 1.165) is 12.3 Å². The van der Waals surface area contributed by atoms with Gasteiger partial charge in [-0.15, -0.1) is 0 Å². The van der Waals surface area contributed by atoms with Gasteiger partial charge in [-0.25, -0.2) is 0 Å². The van der Waals surface area contributed by atoms with Crippen molar-refractivity contribution < 1.29 is 0 Å². The number of allylic oxidation sites excluding steroid dienone is 2. The van der Waals surface area contributed by atoms with Crippen LogP contribution < -0.4 is 0 Å². The van der Waals surface area contributed by atoms with Crippen molar-refractivity contribution in [1.29, 1.82) is 0 Å². The van der Waals surface area contributed by atoms with Crippen LogP contribution in [0.15, 0.2) is 48.6 Å². The molecule has 0 heteroatoms. The average Bonchev–Trinajstić information content (AvgIpc) is 2.41. The Balaban J connectivity index is 1.81. The van der Waals surface area contributed by atoms with Crippen molar-refractivity contribution in [2.24, 2.45) is 5.92 Å². The molecule has 1 aromatic rings. The maximum absolute atomic E-state index is 4.26. The summed E-state index contributed by atoms with van der Waals surface area (Å²) >= 11 is 0. The molecule has 1 aliphatic carbocycles. The predicted molar refractivity (Wildman–Crippen MR) is 75.8 cm³/mol. The summed E-state index contributed by atoms with van der Waals surface area (Å²) in [6, 6.07) is 10.5. The van der Waals surface area contributed by atoms with E-state index in [0.29, 0.717) is 0 Å². The average molecular weight is 226 g/mol. The Hall–Kier alpha value is -1.30. The van der Waals surface area contributed by atoms with Crippen LogP contribution in [0.5, 0.6) is 0 Å². The van der Waals surface area contributed by atoms with Gasteiger partial charge in [0.25, 0.3) is 0 Å². The number of rotatable bonds is 4. The molecule has 0 atom stereocenters. The number of benzene rings is 1. The first-order valence-electron chi connectivity index (χ1n) is 6.75. The molecular formula is C17H22. The van der Waals surface area contributed by atoms with Crippen molar-refractivity contribution >= 4 is 6.08 Å². The van der Waals surface area contributed by atoms with Crippen LogP contribution in [0.1, 0.15) is 44.1 Å². The summed E-state index contributed by atoms with van der Waals surface area (Å²) in [5, 5.41) is 0. The summed E-state index contributed by atoms with van der Waals surface area (Å²) in [5.41, 5.74) is 2.71. The zero-order valence-corrected chi connectivity index (χ0v) is 10.6. The van der Waals surface area contributed by atoms with E-state index in [1.54, 1.807) is 0 Å². The fourth-order valence-corrected chi connectivity index (χ4v) is 2.59. The van der Waals surface area contributed by atoms with E-state index >= 15 is 0 Å². The zero-order chi connectivity index (χ0) is 11.9. The minimum Gasteiger partial charge on any atom is -0.0993 e. The molecule has 0 radical (unpaired) electrons. The molecule has 90 valence electrons. The summed E-state index contributed by atoms with van der Waals surface area (Å²) in [6.45, 7) is 4.26. The normalized spacial score (nSPS) is 17.4. The van der Waals surface area contributed by atoms with E-state index in [1.807, 2.05) is 0 Å². The lowest BCUT2D eigenvalue weighted by atomic mass is 9.83. The lowest BCUT2D eigenvalue weighted by Gasteiger charge is -2.23. The minimum absolute atomic E-state index is 0.782. The Bertz CT molecular complexity index is 366. The Morgan fingerprint density at radius 1 is 1.12 bits per heavy atom. The molecular weight excluding hydrogens is 204 g/mol. The fraction of sp³-hybridized carbons (Fsp3) is 0.412. The molecule has 2 rings (SSSR count). The molecule has 17 heavy (non-hydrogen) atoms. The molecule has 1 fully saturated rings. The fourth-order valence-electron chi connectivity index (χ4n) is 2.59. The maximum atomic E-state index is 4.26. The molecule has 0 heterocycles. The molecule has 0 unspecified atom stereocenters. The minimum atomic E-state index is 0.782. The Labute approximate surface area is 105 Å². The summed E-state index contributed by atoms with van der Waals surface area (Å²) in [5.74, 6) is 0.782. The Morgan fingerprint density at radius 3 is 2.53 bits per heavy atom. The van der Waals surface area contributed by atoms with Gasteiger partial charge in [-0.2, -0.15) is 0 Å². The smallest absolute Gasteiger partial charge is 0.0135 e. The molecule has 1 aromatic carbocycles. The zero-order valence-electron chi connectivity index (χ0n) is 10.6. The molecule has 0 N–H and O–H groups in total. The van der Waals surface area contributed by atoms with Crippen molar-refractivity contribution in [2.45, 2.75) is 38.5 Å². The van der Waals surface area contributed by atoms with Gasteiger partial charge >= 0.3 is 0 Å². The van der Waals surface area contributed by atoms with E-state index in [1.165, 1.54) is 43.2 Å². The molecule has 0 saturated heterocycles. The lowest BCUT2D eigenvalue weighted by Crippen LogP contribution is -2.07. The highest BCUT2D eigenvalue weighted by molar-refractivity contribution is 5.49. The number of hydrogen-bond acceptors (Lipinski definition) is 0. The van der Waals surface area contributed by atoms with Crippen LogP contribution >= 0.6 is 0 Å². The molecule has 0 bridgehead atoms. The molecule has 0 amide bonds. The monoisotopic (exact) mass is 226 g/mol. The van der Waals surface area contributed by atoms with Gasteiger partial charge in [0, 0.05) is 0 Å². The number of hydrogen-bond donors (Lipinski definition) is 0. The quantitative estimate of drug-likeness (QED) is 0.617. The second kappa shape index (κ2) is 6.44. The molecule has 0 aromatic heterocycles. The highest BCUT2D eigenvalue weighted by atomic mass is 14.2. The lowest BCUT2D eigenvalue weighted by molar-refractivity contribution is 0.400. The van der Waals surface area contributed by atoms with Gasteiger partial charge in [0.2, 0.25) is 0 Å². The van der Waals surface area contributed by atoms with E-state index in [4.69, 9.17) is 0 Å². The molecule has 1 aliphatic rings. The summed E-state index contributed by atoms with van der Waals surface area (Å²) in [4.78, 5) is 0. The van der Waals surface area contributed by atoms with E-state index < -0.39 is 0 Å². The van der Waals surface area contributed by atoms with Crippen LogP contribution in [0.25, 0.3) is 6.08 Å². The molecule has 0 aliphatic heterocycles. The van der Waals surface area contributed by atoms with Crippen LogP contribution in [0.3, 0.4) is 0 Å². The summed E-state index contributed by atoms with van der Waals surface area (Å²) < 4.78 is 0. The maximum Gasteiger partial charge on any atom is -0.0135 e. The van der Waals surface area contributed by atoms with E-state index in [9.17, 15) is 0 Å². The highest BCUT2D eigenvalue weighted by Crippen LogP contribution is 2.30. The van der Waals surface area contributed by atoms with Crippen molar-refractivity contribution in [3.8, 4) is 0 Å². The van der Waals surface area contributed by atoms with Crippen molar-refractivity contribution in [3.63, 3.8) is 0 Å². The Morgan fingerprint density at radius 2 is 1.82 bits per heavy atom. The molecule has 1 saturated carbocycles. The van der Waals surface area contributed by atoms with Crippen LogP contribution in [0.4, 0.5) is 0 Å². The van der Waals surface area contributed by atoms with E-state index in [-0.39, 0.29) is 0 Å². The topological polar surface area (TPSA) is 0 Å². The highest BCUT2D eigenvalue weighted by Gasteiger charge is 2.14.